The lowest BCUT2D eigenvalue weighted by Gasteiger charge is -2.17. The first kappa shape index (κ1) is 16.4. The zero-order valence-electron chi connectivity index (χ0n) is 14.0. The summed E-state index contributed by atoms with van der Waals surface area (Å²) in [6.07, 6.45) is 1.91. The third-order valence-corrected chi connectivity index (χ3v) is 5.19. The third-order valence-electron chi connectivity index (χ3n) is 4.24. The molecular formula is C19H16N4O2S. The summed E-state index contributed by atoms with van der Waals surface area (Å²) in [4.78, 5) is 34.3. The van der Waals surface area contributed by atoms with Crippen LogP contribution in [-0.2, 0) is 4.79 Å². The number of amides is 1. The SMILES string of the molecule is CCC(C(=O)Nc1nc2ccccc2s1)n1cnc2ccccc2c1=O. The van der Waals surface area contributed by atoms with Crippen LogP contribution in [0.1, 0.15) is 19.4 Å². The summed E-state index contributed by atoms with van der Waals surface area (Å²) < 4.78 is 2.39. The predicted molar refractivity (Wildman–Crippen MR) is 104 cm³/mol. The van der Waals surface area contributed by atoms with Gasteiger partial charge in [-0.05, 0) is 30.7 Å². The van der Waals surface area contributed by atoms with Gasteiger partial charge < -0.3 is 5.32 Å². The van der Waals surface area contributed by atoms with Crippen molar-refractivity contribution in [2.24, 2.45) is 0 Å². The minimum Gasteiger partial charge on any atom is -0.300 e. The molecule has 7 heteroatoms. The summed E-state index contributed by atoms with van der Waals surface area (Å²) in [6, 6.07) is 14.2. The van der Waals surface area contributed by atoms with Crippen LogP contribution in [0.15, 0.2) is 59.7 Å². The lowest BCUT2D eigenvalue weighted by atomic mass is 10.2. The highest BCUT2D eigenvalue weighted by Crippen LogP contribution is 2.26. The third kappa shape index (κ3) is 2.86. The number of rotatable bonds is 4. The first-order valence-corrected chi connectivity index (χ1v) is 9.11. The van der Waals surface area contributed by atoms with Gasteiger partial charge in [0.1, 0.15) is 6.04 Å². The van der Waals surface area contributed by atoms with Crippen LogP contribution in [0.5, 0.6) is 0 Å². The van der Waals surface area contributed by atoms with E-state index in [1.54, 1.807) is 18.2 Å². The Hall–Kier alpha value is -3.06. The molecule has 0 saturated heterocycles. The molecule has 0 aliphatic heterocycles. The monoisotopic (exact) mass is 364 g/mol. The van der Waals surface area contributed by atoms with E-state index in [0.29, 0.717) is 22.5 Å². The fourth-order valence-corrected chi connectivity index (χ4v) is 3.80. The average molecular weight is 364 g/mol. The van der Waals surface area contributed by atoms with Gasteiger partial charge in [-0.2, -0.15) is 0 Å². The van der Waals surface area contributed by atoms with Crippen LogP contribution < -0.4 is 10.9 Å². The highest BCUT2D eigenvalue weighted by molar-refractivity contribution is 7.22. The molecule has 2 aromatic carbocycles. The number of carbonyl (C=O) groups excluding carboxylic acids is 1. The fourth-order valence-electron chi connectivity index (χ4n) is 2.93. The highest BCUT2D eigenvalue weighted by Gasteiger charge is 2.22. The molecule has 0 spiro atoms. The van der Waals surface area contributed by atoms with Crippen molar-refractivity contribution in [1.82, 2.24) is 14.5 Å². The number of hydrogen-bond donors (Lipinski definition) is 1. The second kappa shape index (κ2) is 6.68. The van der Waals surface area contributed by atoms with Crippen molar-refractivity contribution in [3.8, 4) is 0 Å². The van der Waals surface area contributed by atoms with Gasteiger partial charge in [0.2, 0.25) is 5.91 Å². The minimum atomic E-state index is -0.647. The van der Waals surface area contributed by atoms with E-state index in [1.807, 2.05) is 37.3 Å². The molecule has 0 radical (unpaired) electrons. The summed E-state index contributed by atoms with van der Waals surface area (Å²) in [5, 5.41) is 3.86. The number of thiazole rings is 1. The Morgan fingerprint density at radius 1 is 1.15 bits per heavy atom. The molecule has 2 heterocycles. The van der Waals surface area contributed by atoms with Gasteiger partial charge in [0.05, 0.1) is 27.4 Å². The van der Waals surface area contributed by atoms with E-state index in [1.165, 1.54) is 22.2 Å². The first-order valence-electron chi connectivity index (χ1n) is 8.29. The molecule has 1 unspecified atom stereocenters. The van der Waals surface area contributed by atoms with Crippen molar-refractivity contribution in [3.05, 3.63) is 65.2 Å². The maximum atomic E-state index is 12.8. The Kier molecular flexibility index (Phi) is 4.22. The van der Waals surface area contributed by atoms with Crippen molar-refractivity contribution >= 4 is 43.5 Å². The molecule has 2 aromatic heterocycles. The van der Waals surface area contributed by atoms with E-state index < -0.39 is 6.04 Å². The van der Waals surface area contributed by atoms with Gasteiger partial charge in [0, 0.05) is 0 Å². The van der Waals surface area contributed by atoms with E-state index in [2.05, 4.69) is 15.3 Å². The number of nitrogens with one attached hydrogen (secondary N) is 1. The van der Waals surface area contributed by atoms with Gasteiger partial charge in [0.25, 0.3) is 5.56 Å². The van der Waals surface area contributed by atoms with E-state index in [0.717, 1.165) is 10.2 Å². The zero-order valence-corrected chi connectivity index (χ0v) is 14.9. The topological polar surface area (TPSA) is 76.9 Å². The van der Waals surface area contributed by atoms with Crippen LogP contribution in [0.25, 0.3) is 21.1 Å². The van der Waals surface area contributed by atoms with Gasteiger partial charge in [-0.3, -0.25) is 14.2 Å². The van der Waals surface area contributed by atoms with Gasteiger partial charge in [-0.15, -0.1) is 0 Å². The fraction of sp³-hybridized carbons (Fsp3) is 0.158. The van der Waals surface area contributed by atoms with E-state index in [4.69, 9.17) is 0 Å². The number of carbonyl (C=O) groups is 1. The van der Waals surface area contributed by atoms with E-state index in [9.17, 15) is 9.59 Å². The summed E-state index contributed by atoms with van der Waals surface area (Å²) in [6.45, 7) is 1.87. The number of aromatic nitrogens is 3. The number of benzene rings is 2. The molecule has 0 saturated carbocycles. The lowest BCUT2D eigenvalue weighted by molar-refractivity contribution is -0.119. The molecule has 26 heavy (non-hydrogen) atoms. The number of hydrogen-bond acceptors (Lipinski definition) is 5. The van der Waals surface area contributed by atoms with Crippen molar-refractivity contribution in [2.75, 3.05) is 5.32 Å². The number of para-hydroxylation sites is 2. The molecular weight excluding hydrogens is 348 g/mol. The van der Waals surface area contributed by atoms with Crippen LogP contribution in [0.4, 0.5) is 5.13 Å². The molecule has 0 aliphatic carbocycles. The Balaban J connectivity index is 1.67. The van der Waals surface area contributed by atoms with Crippen molar-refractivity contribution in [2.45, 2.75) is 19.4 Å². The van der Waals surface area contributed by atoms with Gasteiger partial charge in [-0.25, -0.2) is 9.97 Å². The molecule has 4 aromatic rings. The zero-order chi connectivity index (χ0) is 18.1. The molecule has 0 bridgehead atoms. The lowest BCUT2D eigenvalue weighted by Crippen LogP contribution is -2.33. The van der Waals surface area contributed by atoms with Crippen LogP contribution in [0.3, 0.4) is 0 Å². The Morgan fingerprint density at radius 2 is 1.88 bits per heavy atom. The summed E-state index contributed by atoms with van der Waals surface area (Å²) in [7, 11) is 0. The Morgan fingerprint density at radius 3 is 2.65 bits per heavy atom. The predicted octanol–water partition coefficient (Wildman–Crippen LogP) is 3.60. The molecule has 1 atom stereocenters. The van der Waals surface area contributed by atoms with Crippen molar-refractivity contribution in [1.29, 1.82) is 0 Å². The van der Waals surface area contributed by atoms with Gasteiger partial charge >= 0.3 is 0 Å². The number of nitrogens with zero attached hydrogens (tertiary/aromatic N) is 3. The second-order valence-electron chi connectivity index (χ2n) is 5.87. The van der Waals surface area contributed by atoms with Crippen LogP contribution in [-0.4, -0.2) is 20.4 Å². The van der Waals surface area contributed by atoms with Crippen molar-refractivity contribution in [3.63, 3.8) is 0 Å². The second-order valence-corrected chi connectivity index (χ2v) is 6.90. The van der Waals surface area contributed by atoms with E-state index in [-0.39, 0.29) is 11.5 Å². The number of anilines is 1. The largest absolute Gasteiger partial charge is 0.300 e. The molecule has 1 amide bonds. The van der Waals surface area contributed by atoms with Crippen LogP contribution >= 0.6 is 11.3 Å². The summed E-state index contributed by atoms with van der Waals surface area (Å²) in [5.41, 5.74) is 1.24. The molecule has 130 valence electrons. The minimum absolute atomic E-state index is 0.220. The molecule has 4 rings (SSSR count). The molecule has 0 aliphatic rings. The summed E-state index contributed by atoms with van der Waals surface area (Å²) in [5.74, 6) is -0.272. The average Bonchev–Trinajstić information content (AvgIpc) is 3.06. The normalized spacial score (nSPS) is 12.3. The first-order chi connectivity index (χ1) is 12.7. The highest BCUT2D eigenvalue weighted by atomic mass is 32.1. The van der Waals surface area contributed by atoms with Crippen LogP contribution in [0, 0.1) is 0 Å². The standard InChI is InChI=1S/C19H16N4O2S/c1-2-15(23-11-20-13-8-4-3-7-12(13)18(23)25)17(24)22-19-21-14-9-5-6-10-16(14)26-19/h3-11,15H,2H2,1H3,(H,21,22,24). The quantitative estimate of drug-likeness (QED) is 0.600. The van der Waals surface area contributed by atoms with Crippen LogP contribution in [0.2, 0.25) is 0 Å². The molecule has 6 nitrogen and oxygen atoms in total. The van der Waals surface area contributed by atoms with Gasteiger partial charge in [-0.1, -0.05) is 42.5 Å². The Bertz CT molecular complexity index is 1130. The maximum absolute atomic E-state index is 12.8. The van der Waals surface area contributed by atoms with Crippen molar-refractivity contribution < 1.29 is 4.79 Å². The maximum Gasteiger partial charge on any atom is 0.261 e. The summed E-state index contributed by atoms with van der Waals surface area (Å²) >= 11 is 1.41. The van der Waals surface area contributed by atoms with Gasteiger partial charge in [0.15, 0.2) is 5.13 Å². The molecule has 0 fully saturated rings. The number of fused-ring (bicyclic) bond motifs is 2. The van der Waals surface area contributed by atoms with E-state index >= 15 is 0 Å². The molecule has 1 N–H and O–H groups in total. The smallest absolute Gasteiger partial charge is 0.261 e. The Labute approximate surface area is 153 Å².